The Bertz CT molecular complexity index is 157. The first-order valence-corrected chi connectivity index (χ1v) is 4.42. The molecule has 4 heteroatoms. The Labute approximate surface area is 79.3 Å². The summed E-state index contributed by atoms with van der Waals surface area (Å²) >= 11 is 0. The van der Waals surface area contributed by atoms with E-state index in [4.69, 9.17) is 9.84 Å². The van der Waals surface area contributed by atoms with Crippen LogP contribution >= 0.6 is 0 Å². The van der Waals surface area contributed by atoms with Crippen molar-refractivity contribution in [2.24, 2.45) is 0 Å². The van der Waals surface area contributed by atoms with E-state index in [-0.39, 0.29) is 18.1 Å². The predicted molar refractivity (Wildman–Crippen MR) is 50.4 cm³/mol. The predicted octanol–water partition coefficient (Wildman–Crippen LogP) is 0.300. The largest absolute Gasteiger partial charge is 0.396 e. The molecule has 0 aromatic rings. The number of aliphatic hydroxyl groups excluding tert-OH is 1. The van der Waals surface area contributed by atoms with Gasteiger partial charge in [-0.15, -0.1) is 0 Å². The molecule has 0 radical (unpaired) electrons. The molecule has 0 fully saturated rings. The number of rotatable bonds is 6. The highest BCUT2D eigenvalue weighted by Gasteiger charge is 2.18. The van der Waals surface area contributed by atoms with Gasteiger partial charge in [-0.05, 0) is 20.3 Å². The van der Waals surface area contributed by atoms with E-state index in [0.717, 1.165) is 0 Å². The number of hydrogen-bond acceptors (Lipinski definition) is 3. The van der Waals surface area contributed by atoms with Crippen LogP contribution in [0.2, 0.25) is 0 Å². The molecule has 0 bridgehead atoms. The first-order valence-electron chi connectivity index (χ1n) is 4.42. The smallest absolute Gasteiger partial charge is 0.222 e. The van der Waals surface area contributed by atoms with Gasteiger partial charge in [0.15, 0.2) is 0 Å². The van der Waals surface area contributed by atoms with Gasteiger partial charge in [0.2, 0.25) is 5.91 Å². The maximum Gasteiger partial charge on any atom is 0.222 e. The summed E-state index contributed by atoms with van der Waals surface area (Å²) < 4.78 is 4.78. The molecule has 2 N–H and O–H groups in total. The van der Waals surface area contributed by atoms with Gasteiger partial charge in [0.25, 0.3) is 0 Å². The third-order valence-corrected chi connectivity index (χ3v) is 1.75. The van der Waals surface area contributed by atoms with Crippen LogP contribution in [0.4, 0.5) is 0 Å². The van der Waals surface area contributed by atoms with Gasteiger partial charge >= 0.3 is 0 Å². The van der Waals surface area contributed by atoms with Crippen molar-refractivity contribution in [2.45, 2.75) is 32.2 Å². The van der Waals surface area contributed by atoms with Crippen LogP contribution in [0.5, 0.6) is 0 Å². The van der Waals surface area contributed by atoms with Gasteiger partial charge in [-0.1, -0.05) is 0 Å². The zero-order valence-corrected chi connectivity index (χ0v) is 8.59. The van der Waals surface area contributed by atoms with Crippen LogP contribution in [0.3, 0.4) is 0 Å². The van der Waals surface area contributed by atoms with E-state index in [2.05, 4.69) is 5.32 Å². The SMILES string of the molecule is COCCC(=O)NC(C)(C)CCO. The normalized spacial score (nSPS) is 11.4. The maximum absolute atomic E-state index is 11.2. The van der Waals surface area contributed by atoms with Crippen molar-refractivity contribution in [3.63, 3.8) is 0 Å². The molecule has 1 amide bonds. The topological polar surface area (TPSA) is 58.6 Å². The Balaban J connectivity index is 3.75. The first kappa shape index (κ1) is 12.4. The van der Waals surface area contributed by atoms with Crippen molar-refractivity contribution in [1.29, 1.82) is 0 Å². The molecule has 0 aliphatic carbocycles. The van der Waals surface area contributed by atoms with Crippen LogP contribution in [0, 0.1) is 0 Å². The summed E-state index contributed by atoms with van der Waals surface area (Å²) in [5.41, 5.74) is -0.334. The summed E-state index contributed by atoms with van der Waals surface area (Å²) in [6.45, 7) is 4.28. The van der Waals surface area contributed by atoms with E-state index in [1.54, 1.807) is 7.11 Å². The summed E-state index contributed by atoms with van der Waals surface area (Å²) in [6.07, 6.45) is 0.928. The fourth-order valence-electron chi connectivity index (χ4n) is 0.977. The third kappa shape index (κ3) is 6.54. The molecule has 0 aromatic heterocycles. The molecule has 0 saturated carbocycles. The molecule has 0 atom stereocenters. The highest BCUT2D eigenvalue weighted by atomic mass is 16.5. The third-order valence-electron chi connectivity index (χ3n) is 1.75. The summed E-state index contributed by atoms with van der Waals surface area (Å²) in [6, 6.07) is 0. The Kier molecular flexibility index (Phi) is 5.66. The van der Waals surface area contributed by atoms with Gasteiger partial charge < -0.3 is 15.2 Å². The molecule has 0 aliphatic heterocycles. The van der Waals surface area contributed by atoms with Crippen LogP contribution in [0.25, 0.3) is 0 Å². The molecular formula is C9H19NO3. The number of aliphatic hydroxyl groups is 1. The lowest BCUT2D eigenvalue weighted by atomic mass is 10.0. The molecule has 4 nitrogen and oxygen atoms in total. The average Bonchev–Trinajstić information content (AvgIpc) is 1.99. The molecule has 0 saturated heterocycles. The molecule has 0 unspecified atom stereocenters. The monoisotopic (exact) mass is 189 g/mol. The van der Waals surface area contributed by atoms with Crippen LogP contribution in [-0.2, 0) is 9.53 Å². The molecule has 0 aliphatic rings. The second-order valence-corrected chi connectivity index (χ2v) is 3.65. The maximum atomic E-state index is 11.2. The summed E-state index contributed by atoms with van der Waals surface area (Å²) in [7, 11) is 1.56. The van der Waals surface area contributed by atoms with Gasteiger partial charge in [-0.25, -0.2) is 0 Å². The highest BCUT2D eigenvalue weighted by Crippen LogP contribution is 2.07. The first-order chi connectivity index (χ1) is 6.02. The number of nitrogens with one attached hydrogen (secondary N) is 1. The van der Waals surface area contributed by atoms with Crippen LogP contribution in [0.1, 0.15) is 26.7 Å². The van der Waals surface area contributed by atoms with Crippen LogP contribution < -0.4 is 5.32 Å². The van der Waals surface area contributed by atoms with Gasteiger partial charge in [-0.2, -0.15) is 0 Å². The van der Waals surface area contributed by atoms with E-state index in [1.165, 1.54) is 0 Å². The second-order valence-electron chi connectivity index (χ2n) is 3.65. The number of ether oxygens (including phenoxy) is 1. The minimum Gasteiger partial charge on any atom is -0.396 e. The zero-order valence-electron chi connectivity index (χ0n) is 8.59. The van der Waals surface area contributed by atoms with E-state index < -0.39 is 0 Å². The molecule has 78 valence electrons. The quantitative estimate of drug-likeness (QED) is 0.632. The average molecular weight is 189 g/mol. The summed E-state index contributed by atoms with van der Waals surface area (Å²) in [4.78, 5) is 11.2. The molecule has 0 spiro atoms. The number of amides is 1. The summed E-state index contributed by atoms with van der Waals surface area (Å²) in [5, 5.41) is 11.5. The Hall–Kier alpha value is -0.610. The van der Waals surface area contributed by atoms with Gasteiger partial charge in [0.05, 0.1) is 6.61 Å². The second kappa shape index (κ2) is 5.94. The van der Waals surface area contributed by atoms with E-state index in [0.29, 0.717) is 19.4 Å². The molecule has 0 heterocycles. The lowest BCUT2D eigenvalue weighted by Crippen LogP contribution is -2.44. The fraction of sp³-hybridized carbons (Fsp3) is 0.889. The molecule has 0 rings (SSSR count). The van der Waals surface area contributed by atoms with Crippen LogP contribution in [-0.4, -0.2) is 36.9 Å². The van der Waals surface area contributed by atoms with Gasteiger partial charge in [0, 0.05) is 25.7 Å². The number of hydrogen-bond donors (Lipinski definition) is 2. The number of carbonyl (C=O) groups excluding carboxylic acids is 1. The fourth-order valence-corrected chi connectivity index (χ4v) is 0.977. The lowest BCUT2D eigenvalue weighted by molar-refractivity contribution is -0.123. The highest BCUT2D eigenvalue weighted by molar-refractivity contribution is 5.76. The van der Waals surface area contributed by atoms with E-state index in [1.807, 2.05) is 13.8 Å². The number of carbonyl (C=O) groups is 1. The standard InChI is InChI=1S/C9H19NO3/c1-9(2,5-6-11)10-8(12)4-7-13-3/h11H,4-7H2,1-3H3,(H,10,12). The van der Waals surface area contributed by atoms with Crippen molar-refractivity contribution in [2.75, 3.05) is 20.3 Å². The minimum atomic E-state index is -0.334. The van der Waals surface area contributed by atoms with E-state index in [9.17, 15) is 4.79 Å². The summed E-state index contributed by atoms with van der Waals surface area (Å²) in [5.74, 6) is -0.0414. The lowest BCUT2D eigenvalue weighted by Gasteiger charge is -2.25. The van der Waals surface area contributed by atoms with Crippen molar-refractivity contribution in [1.82, 2.24) is 5.32 Å². The Morgan fingerprint density at radius 2 is 2.15 bits per heavy atom. The van der Waals surface area contributed by atoms with Crippen molar-refractivity contribution < 1.29 is 14.6 Å². The zero-order chi connectivity index (χ0) is 10.3. The Morgan fingerprint density at radius 3 is 2.62 bits per heavy atom. The van der Waals surface area contributed by atoms with Crippen molar-refractivity contribution in [3.05, 3.63) is 0 Å². The van der Waals surface area contributed by atoms with Gasteiger partial charge in [-0.3, -0.25) is 4.79 Å². The Morgan fingerprint density at radius 1 is 1.54 bits per heavy atom. The number of methoxy groups -OCH3 is 1. The van der Waals surface area contributed by atoms with Crippen LogP contribution in [0.15, 0.2) is 0 Å². The van der Waals surface area contributed by atoms with Gasteiger partial charge in [0.1, 0.15) is 0 Å². The van der Waals surface area contributed by atoms with E-state index >= 15 is 0 Å². The van der Waals surface area contributed by atoms with Crippen molar-refractivity contribution in [3.8, 4) is 0 Å². The molecular weight excluding hydrogens is 170 g/mol. The molecule has 13 heavy (non-hydrogen) atoms. The molecule has 0 aromatic carbocycles. The van der Waals surface area contributed by atoms with Crippen molar-refractivity contribution >= 4 is 5.91 Å². The minimum absolute atomic E-state index is 0.0414.